The van der Waals surface area contributed by atoms with Gasteiger partial charge in [0.15, 0.2) is 5.78 Å². The topological polar surface area (TPSA) is 93.7 Å². The number of rotatable bonds is 11. The van der Waals surface area contributed by atoms with E-state index < -0.39 is 29.5 Å². The van der Waals surface area contributed by atoms with E-state index in [9.17, 15) is 18.8 Å². The third-order valence-corrected chi connectivity index (χ3v) is 4.77. The second-order valence-corrected chi connectivity index (χ2v) is 8.93. The lowest BCUT2D eigenvalue weighted by atomic mass is 10.1. The van der Waals surface area contributed by atoms with Crippen LogP contribution in [0.4, 0.5) is 9.18 Å². The van der Waals surface area contributed by atoms with E-state index in [0.717, 1.165) is 5.56 Å². The number of Topliss-reactive ketones (excluding diaryl/α,β-unsaturated/α-hetero) is 1. The van der Waals surface area contributed by atoms with E-state index in [1.165, 1.54) is 18.2 Å². The highest BCUT2D eigenvalue weighted by molar-refractivity contribution is 5.90. The van der Waals surface area contributed by atoms with Gasteiger partial charge in [-0.1, -0.05) is 43.7 Å². The fourth-order valence-corrected chi connectivity index (χ4v) is 3.13. The maximum atomic E-state index is 14.2. The van der Waals surface area contributed by atoms with Crippen molar-refractivity contribution in [3.05, 3.63) is 71.0 Å². The van der Waals surface area contributed by atoms with Crippen molar-refractivity contribution in [2.24, 2.45) is 0 Å². The minimum atomic E-state index is -0.723. The molecule has 2 aromatic rings. The Hall–Kier alpha value is -3.26. The lowest BCUT2D eigenvalue weighted by Crippen LogP contribution is -2.44. The number of amides is 1. The summed E-state index contributed by atoms with van der Waals surface area (Å²) >= 11 is 0. The van der Waals surface area contributed by atoms with E-state index in [4.69, 9.17) is 9.47 Å². The molecule has 0 saturated heterocycles. The molecule has 7 nitrogen and oxygen atoms in total. The van der Waals surface area contributed by atoms with E-state index in [1.54, 1.807) is 20.8 Å². The molecule has 34 heavy (non-hydrogen) atoms. The van der Waals surface area contributed by atoms with Crippen molar-refractivity contribution in [3.63, 3.8) is 0 Å². The van der Waals surface area contributed by atoms with Crippen LogP contribution in [0.5, 0.6) is 0 Å². The Balaban J connectivity index is 1.89. The zero-order valence-electron chi connectivity index (χ0n) is 20.2. The number of halogens is 1. The summed E-state index contributed by atoms with van der Waals surface area (Å²) in [6, 6.07) is 12.5. The van der Waals surface area contributed by atoms with Crippen LogP contribution in [0.2, 0.25) is 0 Å². The average molecular weight is 473 g/mol. The molecule has 0 heterocycles. The van der Waals surface area contributed by atoms with Crippen molar-refractivity contribution in [1.82, 2.24) is 10.6 Å². The smallest absolute Gasteiger partial charge is 0.408 e. The number of benzene rings is 2. The van der Waals surface area contributed by atoms with Gasteiger partial charge in [-0.25, -0.2) is 14.0 Å². The van der Waals surface area contributed by atoms with Gasteiger partial charge in [0.05, 0.1) is 18.2 Å². The molecule has 1 amide bonds. The summed E-state index contributed by atoms with van der Waals surface area (Å²) in [6.07, 6.45) is 0.456. The maximum absolute atomic E-state index is 14.2. The van der Waals surface area contributed by atoms with Crippen LogP contribution in [-0.4, -0.2) is 36.0 Å². The molecule has 2 aromatic carbocycles. The second-order valence-electron chi connectivity index (χ2n) is 8.93. The Morgan fingerprint density at radius 3 is 2.41 bits per heavy atom. The van der Waals surface area contributed by atoms with Crippen LogP contribution in [0.15, 0.2) is 48.5 Å². The second kappa shape index (κ2) is 12.8. The summed E-state index contributed by atoms with van der Waals surface area (Å²) in [5.74, 6) is -1.30. The van der Waals surface area contributed by atoms with Gasteiger partial charge in [-0.15, -0.1) is 0 Å². The van der Waals surface area contributed by atoms with Gasteiger partial charge in [-0.2, -0.15) is 0 Å². The third kappa shape index (κ3) is 9.31. The fraction of sp³-hybridized carbons (Fsp3) is 0.423. The first-order chi connectivity index (χ1) is 16.1. The Morgan fingerprint density at radius 1 is 1.06 bits per heavy atom. The molecule has 0 spiro atoms. The van der Waals surface area contributed by atoms with Crippen LogP contribution >= 0.6 is 0 Å². The molecule has 0 aliphatic rings. The number of esters is 1. The third-order valence-electron chi connectivity index (χ3n) is 4.77. The predicted molar refractivity (Wildman–Crippen MR) is 127 cm³/mol. The van der Waals surface area contributed by atoms with Crippen LogP contribution in [0.3, 0.4) is 0 Å². The zero-order chi connectivity index (χ0) is 25.1. The SMILES string of the molecule is CCC[C@@H](NC(=O)OCc1ccccc1)C(=O)CNCc1cc(C(=O)OC(C)(C)C)ccc1F. The lowest BCUT2D eigenvalue weighted by Gasteiger charge is -2.20. The van der Waals surface area contributed by atoms with Crippen LogP contribution in [-0.2, 0) is 27.4 Å². The summed E-state index contributed by atoms with van der Waals surface area (Å²) in [7, 11) is 0. The molecule has 0 unspecified atom stereocenters. The van der Waals surface area contributed by atoms with Gasteiger partial charge < -0.3 is 20.1 Å². The van der Waals surface area contributed by atoms with E-state index in [-0.39, 0.29) is 36.6 Å². The van der Waals surface area contributed by atoms with Crippen molar-refractivity contribution >= 4 is 17.8 Å². The number of alkyl carbamates (subject to hydrolysis) is 1. The van der Waals surface area contributed by atoms with Crippen LogP contribution in [0, 0.1) is 5.82 Å². The molecule has 0 aromatic heterocycles. The first-order valence-electron chi connectivity index (χ1n) is 11.3. The highest BCUT2D eigenvalue weighted by atomic mass is 19.1. The van der Waals surface area contributed by atoms with Crippen molar-refractivity contribution < 1.29 is 28.2 Å². The van der Waals surface area contributed by atoms with Crippen molar-refractivity contribution in [2.75, 3.05) is 6.54 Å². The Morgan fingerprint density at radius 2 is 1.76 bits per heavy atom. The first kappa shape index (κ1) is 27.0. The molecule has 0 bridgehead atoms. The van der Waals surface area contributed by atoms with E-state index in [1.807, 2.05) is 37.3 Å². The molecule has 0 saturated carbocycles. The van der Waals surface area contributed by atoms with E-state index >= 15 is 0 Å². The highest BCUT2D eigenvalue weighted by Gasteiger charge is 2.21. The Bertz CT molecular complexity index is 973. The molecule has 0 fully saturated rings. The van der Waals surface area contributed by atoms with Gasteiger partial charge in [-0.3, -0.25) is 4.79 Å². The van der Waals surface area contributed by atoms with Crippen molar-refractivity contribution in [1.29, 1.82) is 0 Å². The summed E-state index contributed by atoms with van der Waals surface area (Å²) in [4.78, 5) is 37.0. The summed E-state index contributed by atoms with van der Waals surface area (Å²) in [6.45, 7) is 7.21. The van der Waals surface area contributed by atoms with E-state index in [0.29, 0.717) is 12.8 Å². The molecule has 1 atom stereocenters. The average Bonchev–Trinajstić information content (AvgIpc) is 2.78. The summed E-state index contributed by atoms with van der Waals surface area (Å²) < 4.78 is 24.7. The van der Waals surface area contributed by atoms with Gasteiger partial charge >= 0.3 is 12.1 Å². The van der Waals surface area contributed by atoms with Gasteiger partial charge in [0.1, 0.15) is 18.0 Å². The molecule has 184 valence electrons. The highest BCUT2D eigenvalue weighted by Crippen LogP contribution is 2.15. The summed E-state index contributed by atoms with van der Waals surface area (Å²) in [5, 5.41) is 5.50. The number of carbonyl (C=O) groups excluding carboxylic acids is 3. The molecular weight excluding hydrogens is 439 g/mol. The van der Waals surface area contributed by atoms with Gasteiger partial charge in [0, 0.05) is 12.1 Å². The molecular formula is C26H33FN2O5. The minimum Gasteiger partial charge on any atom is -0.456 e. The molecule has 2 N–H and O–H groups in total. The molecule has 2 rings (SSSR count). The quantitative estimate of drug-likeness (QED) is 0.467. The van der Waals surface area contributed by atoms with Gasteiger partial charge in [0.2, 0.25) is 0 Å². The molecule has 0 aliphatic heterocycles. The number of hydrogen-bond acceptors (Lipinski definition) is 6. The standard InChI is InChI=1S/C26H33FN2O5/c1-5-9-22(29-25(32)33-17-18-10-7-6-8-11-18)23(30)16-28-15-20-14-19(12-13-21(20)27)24(31)34-26(2,3)4/h6-8,10-14,22,28H,5,9,15-17H2,1-4H3,(H,29,32)/t22-/m1/s1. The number of nitrogens with one attached hydrogen (secondary N) is 2. The summed E-state index contributed by atoms with van der Waals surface area (Å²) in [5.41, 5.74) is 0.637. The minimum absolute atomic E-state index is 0.0332. The van der Waals surface area contributed by atoms with Crippen LogP contribution in [0.1, 0.15) is 62.0 Å². The number of ether oxygens (including phenoxy) is 2. The fourth-order valence-electron chi connectivity index (χ4n) is 3.13. The van der Waals surface area contributed by atoms with Crippen molar-refractivity contribution in [2.45, 2.75) is 65.3 Å². The monoisotopic (exact) mass is 472 g/mol. The Kier molecular flexibility index (Phi) is 10.2. The molecule has 8 heteroatoms. The lowest BCUT2D eigenvalue weighted by molar-refractivity contribution is -0.120. The number of carbonyl (C=O) groups is 3. The zero-order valence-corrected chi connectivity index (χ0v) is 20.2. The Labute approximate surface area is 200 Å². The molecule has 0 radical (unpaired) electrons. The van der Waals surface area contributed by atoms with Crippen LogP contribution < -0.4 is 10.6 Å². The first-order valence-corrected chi connectivity index (χ1v) is 11.3. The normalized spacial score (nSPS) is 12.0. The van der Waals surface area contributed by atoms with Gasteiger partial charge in [0.25, 0.3) is 0 Å². The van der Waals surface area contributed by atoms with Crippen molar-refractivity contribution in [3.8, 4) is 0 Å². The number of ketones is 1. The predicted octanol–water partition coefficient (Wildman–Crippen LogP) is 4.53. The maximum Gasteiger partial charge on any atom is 0.408 e. The molecule has 0 aliphatic carbocycles. The van der Waals surface area contributed by atoms with Crippen LogP contribution in [0.25, 0.3) is 0 Å². The largest absolute Gasteiger partial charge is 0.456 e. The number of hydrogen-bond donors (Lipinski definition) is 2. The van der Waals surface area contributed by atoms with E-state index in [2.05, 4.69) is 10.6 Å². The van der Waals surface area contributed by atoms with Gasteiger partial charge in [-0.05, 0) is 51.0 Å².